The second-order valence-corrected chi connectivity index (χ2v) is 6.86. The highest BCUT2D eigenvalue weighted by molar-refractivity contribution is 5.99. The van der Waals surface area contributed by atoms with E-state index in [0.717, 1.165) is 30.4 Å². The van der Waals surface area contributed by atoms with Gasteiger partial charge in [0, 0.05) is 6.61 Å². The van der Waals surface area contributed by atoms with Crippen molar-refractivity contribution in [2.24, 2.45) is 0 Å². The molecule has 0 radical (unpaired) electrons. The standard InChI is InChI=1S/C24H30O4/c1-4-17-27-18(3)22(25)16-13-19-11-14-21(15-12-19)28-23(5-2)24(26)20-9-7-6-8-10-20/h6-7,9,11-16,18,23H,4-5,8,10,17H2,1-3H3/b16-13-. The molecule has 2 rings (SSSR count). The molecule has 1 aromatic carbocycles. The van der Waals surface area contributed by atoms with Crippen molar-refractivity contribution < 1.29 is 19.1 Å². The van der Waals surface area contributed by atoms with Crippen LogP contribution in [0, 0.1) is 0 Å². The van der Waals surface area contributed by atoms with E-state index in [9.17, 15) is 9.59 Å². The minimum Gasteiger partial charge on any atom is -0.482 e. The molecule has 2 atom stereocenters. The quantitative estimate of drug-likeness (QED) is 0.500. The Morgan fingerprint density at radius 1 is 1.18 bits per heavy atom. The van der Waals surface area contributed by atoms with Crippen molar-refractivity contribution in [3.63, 3.8) is 0 Å². The lowest BCUT2D eigenvalue weighted by Gasteiger charge is -2.19. The zero-order valence-electron chi connectivity index (χ0n) is 17.0. The minimum atomic E-state index is -0.475. The van der Waals surface area contributed by atoms with Gasteiger partial charge >= 0.3 is 0 Å². The zero-order chi connectivity index (χ0) is 20.4. The number of carbonyl (C=O) groups excluding carboxylic acids is 2. The van der Waals surface area contributed by atoms with E-state index in [2.05, 4.69) is 6.08 Å². The molecular formula is C24H30O4. The predicted octanol–water partition coefficient (Wildman–Crippen LogP) is 5.09. The maximum atomic E-state index is 12.6. The van der Waals surface area contributed by atoms with Gasteiger partial charge in [0.15, 0.2) is 17.7 Å². The maximum absolute atomic E-state index is 12.6. The van der Waals surface area contributed by atoms with Crippen LogP contribution in [0.3, 0.4) is 0 Å². The predicted molar refractivity (Wildman–Crippen MR) is 112 cm³/mol. The van der Waals surface area contributed by atoms with Gasteiger partial charge < -0.3 is 9.47 Å². The lowest BCUT2D eigenvalue weighted by Crippen LogP contribution is -2.28. The molecule has 1 aromatic rings. The van der Waals surface area contributed by atoms with Crippen molar-refractivity contribution >= 4 is 17.6 Å². The fourth-order valence-electron chi connectivity index (χ4n) is 2.85. The topological polar surface area (TPSA) is 52.6 Å². The molecule has 150 valence electrons. The first-order valence-corrected chi connectivity index (χ1v) is 10.0. The molecule has 0 spiro atoms. The summed E-state index contributed by atoms with van der Waals surface area (Å²) in [6.07, 6.45) is 11.4. The second kappa shape index (κ2) is 11.4. The van der Waals surface area contributed by atoms with Crippen molar-refractivity contribution in [3.05, 3.63) is 59.7 Å². The van der Waals surface area contributed by atoms with Gasteiger partial charge in [-0.1, -0.05) is 50.3 Å². The van der Waals surface area contributed by atoms with Crippen LogP contribution in [-0.4, -0.2) is 30.4 Å². The Bertz CT molecular complexity index is 740. The van der Waals surface area contributed by atoms with Crippen LogP contribution in [-0.2, 0) is 14.3 Å². The number of ketones is 2. The highest BCUT2D eigenvalue weighted by Crippen LogP contribution is 2.21. The third-order valence-electron chi connectivity index (χ3n) is 4.56. The molecule has 0 N–H and O–H groups in total. The van der Waals surface area contributed by atoms with Crippen LogP contribution >= 0.6 is 0 Å². The largest absolute Gasteiger partial charge is 0.482 e. The van der Waals surface area contributed by atoms with Crippen LogP contribution in [0.1, 0.15) is 52.0 Å². The molecule has 4 heteroatoms. The minimum absolute atomic E-state index is 0.0553. The Labute approximate surface area is 167 Å². The smallest absolute Gasteiger partial charge is 0.199 e. The first kappa shape index (κ1) is 21.8. The van der Waals surface area contributed by atoms with Crippen LogP contribution in [0.15, 0.2) is 54.1 Å². The van der Waals surface area contributed by atoms with Crippen molar-refractivity contribution in [1.82, 2.24) is 0 Å². The van der Waals surface area contributed by atoms with Crippen molar-refractivity contribution in [3.8, 4) is 5.75 Å². The Hall–Kier alpha value is -2.46. The number of benzene rings is 1. The Kier molecular flexibility index (Phi) is 8.89. The molecule has 0 saturated carbocycles. The first-order valence-electron chi connectivity index (χ1n) is 10.0. The number of ether oxygens (including phenoxy) is 2. The Balaban J connectivity index is 1.94. The molecule has 0 aliphatic heterocycles. The maximum Gasteiger partial charge on any atom is 0.199 e. The molecule has 0 aromatic heterocycles. The lowest BCUT2D eigenvalue weighted by molar-refractivity contribution is -0.124. The van der Waals surface area contributed by atoms with Gasteiger partial charge in [0.2, 0.25) is 0 Å². The van der Waals surface area contributed by atoms with Crippen molar-refractivity contribution in [2.75, 3.05) is 6.61 Å². The summed E-state index contributed by atoms with van der Waals surface area (Å²) >= 11 is 0. The average molecular weight is 383 g/mol. The molecule has 1 aliphatic rings. The summed E-state index contributed by atoms with van der Waals surface area (Å²) in [7, 11) is 0. The summed E-state index contributed by atoms with van der Waals surface area (Å²) in [5, 5.41) is 0. The van der Waals surface area contributed by atoms with E-state index < -0.39 is 12.2 Å². The van der Waals surface area contributed by atoms with E-state index in [0.29, 0.717) is 18.8 Å². The van der Waals surface area contributed by atoms with Crippen LogP contribution < -0.4 is 4.74 Å². The molecule has 0 fully saturated rings. The van der Waals surface area contributed by atoms with Crippen LogP contribution in [0.5, 0.6) is 5.75 Å². The van der Waals surface area contributed by atoms with Gasteiger partial charge in [0.25, 0.3) is 0 Å². The lowest BCUT2D eigenvalue weighted by atomic mass is 9.97. The number of hydrogen-bond acceptors (Lipinski definition) is 4. The van der Waals surface area contributed by atoms with E-state index in [1.54, 1.807) is 13.0 Å². The molecule has 0 saturated heterocycles. The van der Waals surface area contributed by atoms with E-state index in [4.69, 9.17) is 9.47 Å². The molecule has 0 bridgehead atoms. The first-order chi connectivity index (χ1) is 13.5. The monoisotopic (exact) mass is 382 g/mol. The van der Waals surface area contributed by atoms with E-state index in [1.165, 1.54) is 6.08 Å². The molecule has 1 aliphatic carbocycles. The summed E-state index contributed by atoms with van der Waals surface area (Å²) in [6.45, 7) is 6.30. The van der Waals surface area contributed by atoms with E-state index in [1.807, 2.05) is 50.3 Å². The summed E-state index contributed by atoms with van der Waals surface area (Å²) < 4.78 is 11.3. The zero-order valence-corrected chi connectivity index (χ0v) is 17.0. The fourth-order valence-corrected chi connectivity index (χ4v) is 2.85. The summed E-state index contributed by atoms with van der Waals surface area (Å²) in [4.78, 5) is 24.6. The Morgan fingerprint density at radius 2 is 1.93 bits per heavy atom. The molecular weight excluding hydrogens is 352 g/mol. The fraction of sp³-hybridized carbons (Fsp3) is 0.417. The molecule has 0 amide bonds. The Morgan fingerprint density at radius 3 is 2.54 bits per heavy atom. The average Bonchev–Trinajstić information content (AvgIpc) is 2.75. The molecule has 28 heavy (non-hydrogen) atoms. The third-order valence-corrected chi connectivity index (χ3v) is 4.56. The summed E-state index contributed by atoms with van der Waals surface area (Å²) in [6, 6.07) is 7.39. The van der Waals surface area contributed by atoms with E-state index in [-0.39, 0.29) is 11.6 Å². The van der Waals surface area contributed by atoms with Crippen LogP contribution in [0.4, 0.5) is 0 Å². The molecule has 0 heterocycles. The van der Waals surface area contributed by atoms with Gasteiger partial charge in [0.1, 0.15) is 11.9 Å². The molecule has 4 nitrogen and oxygen atoms in total. The van der Waals surface area contributed by atoms with Crippen molar-refractivity contribution in [1.29, 1.82) is 0 Å². The third kappa shape index (κ3) is 6.61. The summed E-state index contributed by atoms with van der Waals surface area (Å²) in [5.74, 6) is 0.651. The number of rotatable bonds is 11. The van der Waals surface area contributed by atoms with E-state index >= 15 is 0 Å². The number of hydrogen-bond donors (Lipinski definition) is 0. The summed E-state index contributed by atoms with van der Waals surface area (Å²) in [5.41, 5.74) is 1.72. The molecule has 2 unspecified atom stereocenters. The highest BCUT2D eigenvalue weighted by atomic mass is 16.5. The van der Waals surface area contributed by atoms with Gasteiger partial charge in [-0.15, -0.1) is 0 Å². The number of allylic oxidation sites excluding steroid dienone is 3. The number of carbonyl (C=O) groups is 2. The highest BCUT2D eigenvalue weighted by Gasteiger charge is 2.22. The normalized spacial score (nSPS) is 15.9. The van der Waals surface area contributed by atoms with Crippen molar-refractivity contribution in [2.45, 2.75) is 58.7 Å². The van der Waals surface area contributed by atoms with Crippen LogP contribution in [0.2, 0.25) is 0 Å². The SMILES string of the molecule is CCCOC(C)C(=O)/C=C\c1ccc(OC(CC)C(=O)C2=CC=CCC2)cc1. The van der Waals surface area contributed by atoms with Gasteiger partial charge in [-0.05, 0) is 62.0 Å². The number of Topliss-reactive ketones (excluding diaryl/α,β-unsaturated/α-hetero) is 1. The second-order valence-electron chi connectivity index (χ2n) is 6.86. The van der Waals surface area contributed by atoms with Crippen LogP contribution in [0.25, 0.3) is 6.08 Å². The van der Waals surface area contributed by atoms with Gasteiger partial charge in [0.05, 0.1) is 0 Å². The van der Waals surface area contributed by atoms with Gasteiger partial charge in [-0.2, -0.15) is 0 Å². The van der Waals surface area contributed by atoms with Gasteiger partial charge in [-0.25, -0.2) is 0 Å². The van der Waals surface area contributed by atoms with Gasteiger partial charge in [-0.3, -0.25) is 9.59 Å².